The Morgan fingerprint density at radius 3 is 2.61 bits per heavy atom. The van der Waals surface area contributed by atoms with Crippen LogP contribution in [0.15, 0.2) is 59.6 Å². The number of hydrogen-bond donors (Lipinski definition) is 1. The molecule has 4 rings (SSSR count). The smallest absolute Gasteiger partial charge is 0.234 e. The molecule has 28 heavy (non-hydrogen) atoms. The van der Waals surface area contributed by atoms with Crippen molar-refractivity contribution in [1.29, 1.82) is 0 Å². The van der Waals surface area contributed by atoms with Gasteiger partial charge in [0.2, 0.25) is 5.91 Å². The largest absolute Gasteiger partial charge is 0.325 e. The fourth-order valence-electron chi connectivity index (χ4n) is 2.67. The average molecular weight is 427 g/mol. The minimum Gasteiger partial charge on any atom is -0.325 e. The fraction of sp³-hybridized carbons (Fsp3) is 0.100. The molecule has 0 radical (unpaired) electrons. The maximum Gasteiger partial charge on any atom is 0.234 e. The zero-order valence-corrected chi connectivity index (χ0v) is 17.2. The highest BCUT2D eigenvalue weighted by molar-refractivity contribution is 8.00. The van der Waals surface area contributed by atoms with Crippen molar-refractivity contribution >= 4 is 56.5 Å². The lowest BCUT2D eigenvalue weighted by Crippen LogP contribution is -2.14. The second-order valence-corrected chi connectivity index (χ2v) is 8.58. The summed E-state index contributed by atoms with van der Waals surface area (Å²) in [7, 11) is 0. The molecule has 1 N–H and O–H groups in total. The first-order chi connectivity index (χ1) is 13.6. The Bertz CT molecular complexity index is 1130. The number of aryl methyl sites for hydroxylation is 1. The Balaban J connectivity index is 1.54. The number of hydrogen-bond acceptors (Lipinski definition) is 6. The molecular formula is C20H15ClN4OS2. The Morgan fingerprint density at radius 2 is 1.86 bits per heavy atom. The van der Waals surface area contributed by atoms with Crippen LogP contribution in [-0.4, -0.2) is 26.8 Å². The molecule has 0 spiro atoms. The summed E-state index contributed by atoms with van der Waals surface area (Å²) in [5.74, 6) is 0.0922. The number of aromatic nitrogens is 3. The van der Waals surface area contributed by atoms with Crippen LogP contribution in [-0.2, 0) is 4.79 Å². The van der Waals surface area contributed by atoms with E-state index < -0.39 is 0 Å². The van der Waals surface area contributed by atoms with Gasteiger partial charge < -0.3 is 5.32 Å². The van der Waals surface area contributed by atoms with E-state index in [0.29, 0.717) is 15.7 Å². The van der Waals surface area contributed by atoms with Gasteiger partial charge in [0.25, 0.3) is 0 Å². The van der Waals surface area contributed by atoms with E-state index in [4.69, 9.17) is 11.6 Å². The van der Waals surface area contributed by atoms with Gasteiger partial charge in [0.1, 0.15) is 16.2 Å². The minimum atomic E-state index is -0.124. The molecule has 0 saturated carbocycles. The SMILES string of the molecule is Cc1nc2c(SCC(=O)Nc3ccc(Cl)cc3)nnc(-c3ccccc3)c2s1. The standard InChI is InChI=1S/C20H15ClN4OS2/c1-12-22-18-19(28-12)17(13-5-3-2-4-6-13)24-25-20(18)27-11-16(26)23-15-9-7-14(21)8-10-15/h2-10H,11H2,1H3,(H,23,26). The molecule has 0 aliphatic heterocycles. The van der Waals surface area contributed by atoms with Crippen LogP contribution >= 0.6 is 34.7 Å². The van der Waals surface area contributed by atoms with Crippen LogP contribution < -0.4 is 5.32 Å². The van der Waals surface area contributed by atoms with Gasteiger partial charge in [-0.3, -0.25) is 4.79 Å². The highest BCUT2D eigenvalue weighted by Gasteiger charge is 2.16. The van der Waals surface area contributed by atoms with E-state index in [9.17, 15) is 4.79 Å². The second-order valence-electron chi connectivity index (χ2n) is 5.97. The number of halogens is 1. The number of benzene rings is 2. The van der Waals surface area contributed by atoms with Gasteiger partial charge in [-0.1, -0.05) is 53.7 Å². The Morgan fingerprint density at radius 1 is 1.11 bits per heavy atom. The topological polar surface area (TPSA) is 67.8 Å². The van der Waals surface area contributed by atoms with Gasteiger partial charge in [-0.25, -0.2) is 4.98 Å². The Hall–Kier alpha value is -2.48. The molecule has 0 bridgehead atoms. The molecule has 2 aromatic heterocycles. The molecule has 0 atom stereocenters. The van der Waals surface area contributed by atoms with Crippen LogP contribution in [0.1, 0.15) is 5.01 Å². The first kappa shape index (κ1) is 18.9. The van der Waals surface area contributed by atoms with E-state index in [1.807, 2.05) is 37.3 Å². The molecule has 5 nitrogen and oxygen atoms in total. The number of thioether (sulfide) groups is 1. The highest BCUT2D eigenvalue weighted by Crippen LogP contribution is 2.35. The lowest BCUT2D eigenvalue weighted by molar-refractivity contribution is -0.113. The Labute approximate surface area is 175 Å². The number of fused-ring (bicyclic) bond motifs is 1. The third-order valence-corrected chi connectivity index (χ3v) is 6.09. The number of nitrogens with one attached hydrogen (secondary N) is 1. The summed E-state index contributed by atoms with van der Waals surface area (Å²) in [6, 6.07) is 16.9. The summed E-state index contributed by atoms with van der Waals surface area (Å²) < 4.78 is 0.985. The third-order valence-electron chi connectivity index (χ3n) is 3.91. The van der Waals surface area contributed by atoms with Crippen molar-refractivity contribution in [2.75, 3.05) is 11.1 Å². The molecule has 1 amide bonds. The monoisotopic (exact) mass is 426 g/mol. The lowest BCUT2D eigenvalue weighted by atomic mass is 10.1. The maximum atomic E-state index is 12.3. The summed E-state index contributed by atoms with van der Waals surface area (Å²) in [6.45, 7) is 1.96. The predicted molar refractivity (Wildman–Crippen MR) is 116 cm³/mol. The van der Waals surface area contributed by atoms with Crippen molar-refractivity contribution < 1.29 is 4.79 Å². The summed E-state index contributed by atoms with van der Waals surface area (Å²) in [6.07, 6.45) is 0. The van der Waals surface area contributed by atoms with E-state index >= 15 is 0 Å². The summed E-state index contributed by atoms with van der Waals surface area (Å²) in [4.78, 5) is 16.9. The summed E-state index contributed by atoms with van der Waals surface area (Å²) in [5, 5.41) is 13.8. The minimum absolute atomic E-state index is 0.124. The Kier molecular flexibility index (Phi) is 5.57. The van der Waals surface area contributed by atoms with E-state index in [0.717, 1.165) is 26.5 Å². The third kappa shape index (κ3) is 4.16. The van der Waals surface area contributed by atoms with Gasteiger partial charge >= 0.3 is 0 Å². The zero-order chi connectivity index (χ0) is 19.5. The van der Waals surface area contributed by atoms with Gasteiger partial charge in [0.15, 0.2) is 0 Å². The fourth-order valence-corrected chi connectivity index (χ4v) is 4.51. The van der Waals surface area contributed by atoms with E-state index in [2.05, 4.69) is 20.5 Å². The number of carbonyl (C=O) groups excluding carboxylic acids is 1. The first-order valence-electron chi connectivity index (χ1n) is 8.47. The molecular weight excluding hydrogens is 412 g/mol. The predicted octanol–water partition coefficient (Wildman–Crippen LogP) is 5.45. The molecule has 0 aliphatic carbocycles. The van der Waals surface area contributed by atoms with Crippen LogP contribution in [0.5, 0.6) is 0 Å². The van der Waals surface area contributed by atoms with Gasteiger partial charge in [0, 0.05) is 16.3 Å². The maximum absolute atomic E-state index is 12.3. The van der Waals surface area contributed by atoms with Crippen LogP contribution in [0.25, 0.3) is 21.5 Å². The first-order valence-corrected chi connectivity index (χ1v) is 10.7. The summed E-state index contributed by atoms with van der Waals surface area (Å²) in [5.41, 5.74) is 3.31. The second kappa shape index (κ2) is 8.26. The van der Waals surface area contributed by atoms with Crippen molar-refractivity contribution in [2.24, 2.45) is 0 Å². The zero-order valence-electron chi connectivity index (χ0n) is 14.8. The van der Waals surface area contributed by atoms with E-state index in [1.165, 1.54) is 11.8 Å². The number of amides is 1. The van der Waals surface area contributed by atoms with Crippen molar-refractivity contribution in [1.82, 2.24) is 15.2 Å². The normalized spacial score (nSPS) is 10.9. The number of nitrogens with zero attached hydrogens (tertiary/aromatic N) is 3. The van der Waals surface area contributed by atoms with Crippen LogP contribution in [0.3, 0.4) is 0 Å². The highest BCUT2D eigenvalue weighted by atomic mass is 35.5. The quantitative estimate of drug-likeness (QED) is 0.430. The molecule has 8 heteroatoms. The van der Waals surface area contributed by atoms with Crippen molar-refractivity contribution in [3.8, 4) is 11.3 Å². The number of rotatable bonds is 5. The van der Waals surface area contributed by atoms with Gasteiger partial charge in [-0.05, 0) is 31.2 Å². The van der Waals surface area contributed by atoms with Gasteiger partial charge in [-0.2, -0.15) is 0 Å². The number of anilines is 1. The van der Waals surface area contributed by atoms with Crippen LogP contribution in [0.2, 0.25) is 5.02 Å². The molecule has 2 heterocycles. The lowest BCUT2D eigenvalue weighted by Gasteiger charge is -2.06. The summed E-state index contributed by atoms with van der Waals surface area (Å²) >= 11 is 8.78. The molecule has 0 fully saturated rings. The molecule has 0 unspecified atom stereocenters. The van der Waals surface area contributed by atoms with Crippen LogP contribution in [0, 0.1) is 6.92 Å². The van der Waals surface area contributed by atoms with Gasteiger partial charge in [-0.15, -0.1) is 21.5 Å². The van der Waals surface area contributed by atoms with Crippen LogP contribution in [0.4, 0.5) is 5.69 Å². The molecule has 140 valence electrons. The van der Waals surface area contributed by atoms with Crippen molar-refractivity contribution in [2.45, 2.75) is 11.9 Å². The van der Waals surface area contributed by atoms with E-state index in [1.54, 1.807) is 35.6 Å². The number of carbonyl (C=O) groups is 1. The number of thiazole rings is 1. The average Bonchev–Trinajstić information content (AvgIpc) is 3.10. The molecule has 4 aromatic rings. The van der Waals surface area contributed by atoms with Crippen molar-refractivity contribution in [3.63, 3.8) is 0 Å². The molecule has 2 aromatic carbocycles. The van der Waals surface area contributed by atoms with Gasteiger partial charge in [0.05, 0.1) is 15.5 Å². The molecule has 0 saturated heterocycles. The van der Waals surface area contributed by atoms with E-state index in [-0.39, 0.29) is 11.7 Å². The molecule has 0 aliphatic rings. The van der Waals surface area contributed by atoms with Crippen molar-refractivity contribution in [3.05, 3.63) is 64.6 Å².